The fourth-order valence-electron chi connectivity index (χ4n) is 2.61. The average molecular weight is 408 g/mol. The molecule has 142 valence electrons. The van der Waals surface area contributed by atoms with Gasteiger partial charge in [-0.25, -0.2) is 8.42 Å². The zero-order valence-electron chi connectivity index (χ0n) is 13.6. The highest BCUT2D eigenvalue weighted by molar-refractivity contribution is 7.92. The van der Waals surface area contributed by atoms with E-state index >= 15 is 0 Å². The SMILES string of the molecule is CS(=O)(=O)Nc1cc(-c2ccc(C3CC3N)cn2)cc(C(F)(F)F)c1.Cl. The smallest absolute Gasteiger partial charge is 0.327 e. The molecular formula is C16H17ClF3N3O2S. The van der Waals surface area contributed by atoms with E-state index in [2.05, 4.69) is 9.71 Å². The summed E-state index contributed by atoms with van der Waals surface area (Å²) >= 11 is 0. The molecule has 26 heavy (non-hydrogen) atoms. The number of hydrogen-bond donors (Lipinski definition) is 2. The van der Waals surface area contributed by atoms with Crippen LogP contribution in [0.2, 0.25) is 0 Å². The standard InChI is InChI=1S/C16H16F3N3O2S.ClH/c1-25(23,24)22-12-5-10(4-11(6-12)16(17,18)19)15-3-2-9(8-21-15)13-7-14(13)20;/h2-6,8,13-14,22H,7,20H2,1H3;1H. The van der Waals surface area contributed by atoms with Crippen LogP contribution in [0.3, 0.4) is 0 Å². The average Bonchev–Trinajstić information content (AvgIpc) is 3.21. The Balaban J connectivity index is 0.00000243. The van der Waals surface area contributed by atoms with Gasteiger partial charge < -0.3 is 5.73 Å². The predicted octanol–water partition coefficient (Wildman–Crippen LogP) is 3.38. The molecule has 2 unspecified atom stereocenters. The van der Waals surface area contributed by atoms with Crippen molar-refractivity contribution in [3.63, 3.8) is 0 Å². The molecule has 1 saturated carbocycles. The van der Waals surface area contributed by atoms with E-state index in [-0.39, 0.29) is 35.6 Å². The number of nitrogens with two attached hydrogens (primary N) is 1. The molecule has 3 N–H and O–H groups in total. The molecule has 1 heterocycles. The van der Waals surface area contributed by atoms with E-state index in [9.17, 15) is 21.6 Å². The van der Waals surface area contributed by atoms with Gasteiger partial charge in [0.2, 0.25) is 10.0 Å². The summed E-state index contributed by atoms with van der Waals surface area (Å²) in [6.07, 6.45) is -1.27. The lowest BCUT2D eigenvalue weighted by atomic mass is 10.0. The van der Waals surface area contributed by atoms with Crippen LogP contribution in [0.25, 0.3) is 11.3 Å². The first kappa shape index (κ1) is 20.5. The number of hydrogen-bond acceptors (Lipinski definition) is 4. The highest BCUT2D eigenvalue weighted by atomic mass is 35.5. The number of rotatable bonds is 4. The molecule has 0 saturated heterocycles. The van der Waals surface area contributed by atoms with Crippen molar-refractivity contribution in [2.45, 2.75) is 24.6 Å². The largest absolute Gasteiger partial charge is 0.416 e. The van der Waals surface area contributed by atoms with E-state index < -0.39 is 21.8 Å². The Hall–Kier alpha value is -1.84. The first-order chi connectivity index (χ1) is 11.5. The van der Waals surface area contributed by atoms with Crippen LogP contribution < -0.4 is 10.5 Å². The van der Waals surface area contributed by atoms with Gasteiger partial charge in [-0.15, -0.1) is 12.4 Å². The van der Waals surface area contributed by atoms with Crippen LogP contribution in [-0.2, 0) is 16.2 Å². The zero-order chi connectivity index (χ0) is 18.4. The summed E-state index contributed by atoms with van der Waals surface area (Å²) in [6.45, 7) is 0. The minimum atomic E-state index is -4.61. The van der Waals surface area contributed by atoms with Gasteiger partial charge in [-0.05, 0) is 36.2 Å². The molecule has 3 rings (SSSR count). The summed E-state index contributed by atoms with van der Waals surface area (Å²) in [5.41, 5.74) is 6.10. The highest BCUT2D eigenvalue weighted by Gasteiger charge is 2.35. The van der Waals surface area contributed by atoms with Gasteiger partial charge in [0.25, 0.3) is 0 Å². The molecule has 0 spiro atoms. The van der Waals surface area contributed by atoms with Gasteiger partial charge in [-0.1, -0.05) is 6.07 Å². The Morgan fingerprint density at radius 2 is 1.88 bits per heavy atom. The molecular weight excluding hydrogens is 391 g/mol. The van der Waals surface area contributed by atoms with Gasteiger partial charge >= 0.3 is 6.18 Å². The molecule has 1 fully saturated rings. The maximum atomic E-state index is 13.1. The topological polar surface area (TPSA) is 85.1 Å². The number of pyridine rings is 1. The van der Waals surface area contributed by atoms with Gasteiger partial charge in [0.1, 0.15) is 0 Å². The second-order valence-electron chi connectivity index (χ2n) is 6.15. The molecule has 10 heteroatoms. The Kier molecular flexibility index (Phi) is 5.55. The number of sulfonamides is 1. The maximum absolute atomic E-state index is 13.1. The lowest BCUT2D eigenvalue weighted by Crippen LogP contribution is -2.12. The highest BCUT2D eigenvalue weighted by Crippen LogP contribution is 2.39. The predicted molar refractivity (Wildman–Crippen MR) is 95.7 cm³/mol. The van der Waals surface area contributed by atoms with Crippen molar-refractivity contribution in [1.82, 2.24) is 4.98 Å². The third kappa shape index (κ3) is 4.87. The van der Waals surface area contributed by atoms with E-state index in [4.69, 9.17) is 5.73 Å². The fourth-order valence-corrected chi connectivity index (χ4v) is 3.15. The number of nitrogens with one attached hydrogen (secondary N) is 1. The monoisotopic (exact) mass is 407 g/mol. The molecule has 1 aromatic carbocycles. The molecule has 1 aliphatic rings. The molecule has 2 atom stereocenters. The number of halogens is 4. The van der Waals surface area contributed by atoms with E-state index in [0.717, 1.165) is 30.4 Å². The Bertz CT molecular complexity index is 902. The normalized spacial score (nSPS) is 19.6. The summed E-state index contributed by atoms with van der Waals surface area (Å²) in [5, 5.41) is 0. The summed E-state index contributed by atoms with van der Waals surface area (Å²) in [7, 11) is -3.71. The van der Waals surface area contributed by atoms with Crippen molar-refractivity contribution in [2.24, 2.45) is 5.73 Å². The van der Waals surface area contributed by atoms with Crippen molar-refractivity contribution >= 4 is 28.1 Å². The van der Waals surface area contributed by atoms with Crippen LogP contribution >= 0.6 is 12.4 Å². The zero-order valence-corrected chi connectivity index (χ0v) is 15.3. The third-order valence-corrected chi connectivity index (χ3v) is 4.52. The first-order valence-electron chi connectivity index (χ1n) is 7.45. The molecule has 0 radical (unpaired) electrons. The van der Waals surface area contributed by atoms with Crippen molar-refractivity contribution in [1.29, 1.82) is 0 Å². The van der Waals surface area contributed by atoms with Crippen LogP contribution in [0.1, 0.15) is 23.5 Å². The van der Waals surface area contributed by atoms with Crippen LogP contribution in [-0.4, -0.2) is 25.7 Å². The van der Waals surface area contributed by atoms with Crippen LogP contribution in [0.5, 0.6) is 0 Å². The number of aromatic nitrogens is 1. The molecule has 2 aromatic rings. The van der Waals surface area contributed by atoms with Crippen molar-refractivity contribution in [3.05, 3.63) is 47.7 Å². The maximum Gasteiger partial charge on any atom is 0.416 e. The summed E-state index contributed by atoms with van der Waals surface area (Å²) in [4.78, 5) is 4.21. The number of benzene rings is 1. The fraction of sp³-hybridized carbons (Fsp3) is 0.312. The molecule has 5 nitrogen and oxygen atoms in total. The van der Waals surface area contributed by atoms with Gasteiger partial charge in [0.15, 0.2) is 0 Å². The van der Waals surface area contributed by atoms with Gasteiger partial charge in [-0.2, -0.15) is 13.2 Å². The summed E-state index contributed by atoms with van der Waals surface area (Å²) < 4.78 is 64.1. The molecule has 1 aliphatic carbocycles. The van der Waals surface area contributed by atoms with Crippen molar-refractivity contribution in [3.8, 4) is 11.3 Å². The lowest BCUT2D eigenvalue weighted by molar-refractivity contribution is -0.137. The van der Waals surface area contributed by atoms with Crippen molar-refractivity contribution < 1.29 is 21.6 Å². The second kappa shape index (κ2) is 7.05. The minimum Gasteiger partial charge on any atom is -0.327 e. The summed E-state index contributed by atoms with van der Waals surface area (Å²) in [5.74, 6) is 0.241. The second-order valence-corrected chi connectivity index (χ2v) is 7.90. The molecule has 1 aromatic heterocycles. The van der Waals surface area contributed by atoms with E-state index in [1.165, 1.54) is 6.07 Å². The molecule has 0 bridgehead atoms. The van der Waals surface area contributed by atoms with E-state index in [1.54, 1.807) is 18.3 Å². The minimum absolute atomic E-state index is 0. The van der Waals surface area contributed by atoms with Crippen LogP contribution in [0.15, 0.2) is 36.5 Å². The third-order valence-electron chi connectivity index (χ3n) is 3.91. The first-order valence-corrected chi connectivity index (χ1v) is 9.34. The Morgan fingerprint density at radius 3 is 2.35 bits per heavy atom. The van der Waals surface area contributed by atoms with Gasteiger partial charge in [0.05, 0.1) is 17.5 Å². The number of nitrogens with zero attached hydrogens (tertiary/aromatic N) is 1. The molecule has 0 amide bonds. The summed E-state index contributed by atoms with van der Waals surface area (Å²) in [6, 6.07) is 6.51. The quantitative estimate of drug-likeness (QED) is 0.813. The van der Waals surface area contributed by atoms with Crippen LogP contribution in [0.4, 0.5) is 18.9 Å². The molecule has 0 aliphatic heterocycles. The number of alkyl halides is 3. The Morgan fingerprint density at radius 1 is 1.23 bits per heavy atom. The van der Waals surface area contributed by atoms with Gasteiger partial charge in [-0.3, -0.25) is 9.71 Å². The van der Waals surface area contributed by atoms with E-state index in [1.807, 2.05) is 0 Å². The van der Waals surface area contributed by atoms with E-state index in [0.29, 0.717) is 5.69 Å². The lowest BCUT2D eigenvalue weighted by Gasteiger charge is -2.13. The number of anilines is 1. The van der Waals surface area contributed by atoms with Crippen molar-refractivity contribution in [2.75, 3.05) is 11.0 Å². The van der Waals surface area contributed by atoms with Gasteiger partial charge in [0, 0.05) is 29.4 Å². The van der Waals surface area contributed by atoms with Crippen LogP contribution in [0, 0.1) is 0 Å². The Labute approximate surface area is 155 Å².